The lowest BCUT2D eigenvalue weighted by Gasteiger charge is -2.27. The van der Waals surface area contributed by atoms with Crippen LogP contribution in [0.15, 0.2) is 35.2 Å². The third kappa shape index (κ3) is 2.83. The zero-order valence-electron chi connectivity index (χ0n) is 15.7. The van der Waals surface area contributed by atoms with E-state index in [1.807, 2.05) is 32.9 Å². The minimum Gasteiger partial charge on any atom is -0.375 e. The van der Waals surface area contributed by atoms with E-state index in [1.165, 1.54) is 11.3 Å². The summed E-state index contributed by atoms with van der Waals surface area (Å²) in [5.41, 5.74) is 14.0. The fourth-order valence-electron chi connectivity index (χ4n) is 3.39. The Balaban J connectivity index is 1.94. The number of nitrogens with zero attached hydrogens (tertiary/aromatic N) is 1. The average molecular weight is 416 g/mol. The van der Waals surface area contributed by atoms with E-state index in [0.717, 1.165) is 27.9 Å². The van der Waals surface area contributed by atoms with E-state index in [9.17, 15) is 8.42 Å². The molecule has 0 amide bonds. The second-order valence-corrected chi connectivity index (χ2v) is 10.0. The molecule has 4 rings (SSSR count). The molecule has 9 heteroatoms. The van der Waals surface area contributed by atoms with Gasteiger partial charge in [0.1, 0.15) is 0 Å². The van der Waals surface area contributed by atoms with Crippen LogP contribution in [0.5, 0.6) is 0 Å². The third-order valence-electron chi connectivity index (χ3n) is 4.99. The lowest BCUT2D eigenvalue weighted by atomic mass is 9.99. The molecule has 6 N–H and O–H groups in total. The van der Waals surface area contributed by atoms with Gasteiger partial charge in [0.2, 0.25) is 9.84 Å². The van der Waals surface area contributed by atoms with Crippen LogP contribution in [0, 0.1) is 20.8 Å². The molecule has 2 heterocycles. The summed E-state index contributed by atoms with van der Waals surface area (Å²) < 4.78 is 27.3. The van der Waals surface area contributed by atoms with E-state index in [1.54, 1.807) is 18.2 Å². The van der Waals surface area contributed by atoms with E-state index in [2.05, 4.69) is 15.7 Å². The topological polar surface area (TPSA) is 123 Å². The van der Waals surface area contributed by atoms with Crippen molar-refractivity contribution in [3.05, 3.63) is 51.9 Å². The van der Waals surface area contributed by atoms with Crippen molar-refractivity contribution in [1.29, 1.82) is 0 Å². The van der Waals surface area contributed by atoms with E-state index in [-0.39, 0.29) is 4.90 Å². The molecular weight excluding hydrogens is 394 g/mol. The minimum absolute atomic E-state index is 0.137. The average Bonchev–Trinajstić information content (AvgIpc) is 3.03. The van der Waals surface area contributed by atoms with Gasteiger partial charge >= 0.3 is 0 Å². The van der Waals surface area contributed by atoms with Gasteiger partial charge in [-0.1, -0.05) is 17.4 Å². The Morgan fingerprint density at radius 3 is 2.57 bits per heavy atom. The molecule has 0 saturated carbocycles. The lowest BCUT2D eigenvalue weighted by molar-refractivity contribution is 0.588. The van der Waals surface area contributed by atoms with Crippen LogP contribution in [-0.2, 0) is 9.84 Å². The number of hydrogen-bond acceptors (Lipinski definition) is 8. The fourth-order valence-corrected chi connectivity index (χ4v) is 6.41. The Morgan fingerprint density at radius 2 is 1.86 bits per heavy atom. The molecule has 2 aromatic carbocycles. The van der Waals surface area contributed by atoms with E-state index in [4.69, 9.17) is 11.6 Å². The number of sulfone groups is 1. The van der Waals surface area contributed by atoms with Crippen molar-refractivity contribution in [1.82, 2.24) is 4.98 Å². The lowest BCUT2D eigenvalue weighted by Crippen LogP contribution is -2.26. The molecule has 0 fully saturated rings. The molecule has 7 nitrogen and oxygen atoms in total. The van der Waals surface area contributed by atoms with E-state index >= 15 is 0 Å². The maximum Gasteiger partial charge on any atom is 0.206 e. The van der Waals surface area contributed by atoms with Gasteiger partial charge < -0.3 is 16.5 Å². The molecule has 1 atom stereocenters. The largest absolute Gasteiger partial charge is 0.375 e. The first-order chi connectivity index (χ1) is 13.2. The molecule has 3 aromatic rings. The highest BCUT2D eigenvalue weighted by Gasteiger charge is 2.39. The first-order valence-corrected chi connectivity index (χ1v) is 11.0. The normalized spacial score (nSPS) is 15.5. The van der Waals surface area contributed by atoms with Gasteiger partial charge in [0.25, 0.3) is 0 Å². The maximum atomic E-state index is 13.6. The van der Waals surface area contributed by atoms with Crippen molar-refractivity contribution in [3.8, 4) is 11.3 Å². The number of aromatic nitrogens is 1. The van der Waals surface area contributed by atoms with Gasteiger partial charge in [0.15, 0.2) is 10.5 Å². The number of thiazole rings is 1. The number of rotatable bonds is 3. The predicted octanol–water partition coefficient (Wildman–Crippen LogP) is 3.50. The second-order valence-electron chi connectivity index (χ2n) is 6.96. The van der Waals surface area contributed by atoms with Crippen LogP contribution in [0.1, 0.15) is 26.9 Å². The Kier molecular flexibility index (Phi) is 4.33. The van der Waals surface area contributed by atoms with Crippen molar-refractivity contribution >= 4 is 37.7 Å². The summed E-state index contributed by atoms with van der Waals surface area (Å²) in [6.45, 7) is 5.84. The molecule has 0 bridgehead atoms. The first kappa shape index (κ1) is 18.7. The van der Waals surface area contributed by atoms with Crippen LogP contribution < -0.4 is 22.3 Å². The summed E-state index contributed by atoms with van der Waals surface area (Å²) in [4.78, 5) is 5.15. The summed E-state index contributed by atoms with van der Waals surface area (Å²) in [5, 5.41) is 2.54. The van der Waals surface area contributed by atoms with Crippen molar-refractivity contribution < 1.29 is 8.42 Å². The zero-order valence-corrected chi connectivity index (χ0v) is 17.3. The van der Waals surface area contributed by atoms with Crippen LogP contribution in [0.2, 0.25) is 0 Å². The van der Waals surface area contributed by atoms with Gasteiger partial charge in [-0.2, -0.15) is 0 Å². The molecule has 1 aliphatic heterocycles. The summed E-state index contributed by atoms with van der Waals surface area (Å²) in [6.07, 6.45) is 0. The van der Waals surface area contributed by atoms with Crippen LogP contribution >= 0.6 is 11.3 Å². The number of benzene rings is 2. The van der Waals surface area contributed by atoms with Gasteiger partial charge in [-0.3, -0.25) is 5.84 Å². The van der Waals surface area contributed by atoms with Crippen molar-refractivity contribution in [2.24, 2.45) is 5.84 Å². The van der Waals surface area contributed by atoms with Gasteiger partial charge in [0, 0.05) is 11.3 Å². The number of nitrogens with one attached hydrogen (secondary N) is 2. The Labute approximate surface area is 167 Å². The van der Waals surface area contributed by atoms with Gasteiger partial charge in [-0.05, 0) is 61.7 Å². The van der Waals surface area contributed by atoms with Crippen LogP contribution in [0.4, 0.5) is 16.5 Å². The highest BCUT2D eigenvalue weighted by Crippen LogP contribution is 2.48. The fraction of sp³-hybridized carbons (Fsp3) is 0.211. The number of hydrazine groups is 1. The highest BCUT2D eigenvalue weighted by atomic mass is 32.2. The van der Waals surface area contributed by atoms with Gasteiger partial charge in [0.05, 0.1) is 21.2 Å². The molecule has 0 saturated heterocycles. The van der Waals surface area contributed by atoms with Crippen molar-refractivity contribution in [3.63, 3.8) is 0 Å². The van der Waals surface area contributed by atoms with Crippen LogP contribution in [-0.4, -0.2) is 13.4 Å². The summed E-state index contributed by atoms with van der Waals surface area (Å²) in [6, 6.07) is 9.04. The smallest absolute Gasteiger partial charge is 0.206 e. The van der Waals surface area contributed by atoms with E-state index in [0.29, 0.717) is 21.4 Å². The molecule has 146 valence electrons. The quantitative estimate of drug-likeness (QED) is 0.381. The SMILES string of the molecule is Cc1ccc(NN)c(S(=O)(=O)C2Nc3cc(C)c(C)cc3-c3nc(N)sc32)c1. The second kappa shape index (κ2) is 6.47. The van der Waals surface area contributed by atoms with E-state index < -0.39 is 15.2 Å². The van der Waals surface area contributed by atoms with Crippen LogP contribution in [0.25, 0.3) is 11.3 Å². The Morgan fingerprint density at radius 1 is 1.14 bits per heavy atom. The zero-order chi connectivity index (χ0) is 20.2. The summed E-state index contributed by atoms with van der Waals surface area (Å²) in [7, 11) is -3.83. The van der Waals surface area contributed by atoms with Crippen molar-refractivity contribution in [2.45, 2.75) is 31.0 Å². The number of hydrogen-bond donors (Lipinski definition) is 4. The monoisotopic (exact) mass is 415 g/mol. The number of anilines is 3. The Bertz CT molecular complexity index is 1200. The summed E-state index contributed by atoms with van der Waals surface area (Å²) in [5.74, 6) is 5.57. The predicted molar refractivity (Wildman–Crippen MR) is 114 cm³/mol. The highest BCUT2D eigenvalue weighted by molar-refractivity contribution is 7.92. The van der Waals surface area contributed by atoms with Gasteiger partial charge in [-0.25, -0.2) is 13.4 Å². The number of fused-ring (bicyclic) bond motifs is 3. The Hall–Kier alpha value is -2.62. The number of aryl methyl sites for hydroxylation is 3. The maximum absolute atomic E-state index is 13.6. The number of nitrogen functional groups attached to an aromatic ring is 2. The molecule has 0 radical (unpaired) electrons. The molecule has 1 aliphatic rings. The van der Waals surface area contributed by atoms with Crippen LogP contribution in [0.3, 0.4) is 0 Å². The minimum atomic E-state index is -3.83. The molecule has 0 spiro atoms. The summed E-state index contributed by atoms with van der Waals surface area (Å²) >= 11 is 1.18. The van der Waals surface area contributed by atoms with Crippen molar-refractivity contribution in [2.75, 3.05) is 16.5 Å². The molecule has 1 aromatic heterocycles. The molecule has 1 unspecified atom stereocenters. The molecule has 0 aliphatic carbocycles. The standard InChI is InChI=1S/C19H21N5O2S2/c1-9-4-5-13(24-21)15(6-9)28(25,26)18-17-16(23-19(20)27-17)12-7-10(2)11(3)8-14(12)22-18/h4-8,18,22,24H,21H2,1-3H3,(H2,20,23). The third-order valence-corrected chi connectivity index (χ3v) is 8.02. The van der Waals surface area contributed by atoms with Gasteiger partial charge in [-0.15, -0.1) is 0 Å². The molecular formula is C19H21N5O2S2. The molecule has 28 heavy (non-hydrogen) atoms. The number of nitrogens with two attached hydrogens (primary N) is 2. The first-order valence-electron chi connectivity index (χ1n) is 8.68.